The first kappa shape index (κ1) is 21.3. The van der Waals surface area contributed by atoms with E-state index in [4.69, 9.17) is 0 Å². The van der Waals surface area contributed by atoms with E-state index in [2.05, 4.69) is 5.32 Å². The Morgan fingerprint density at radius 3 is 2.38 bits per heavy atom. The summed E-state index contributed by atoms with van der Waals surface area (Å²) in [4.78, 5) is 41.9. The van der Waals surface area contributed by atoms with Crippen LogP contribution in [0, 0.1) is 17.7 Å². The molecule has 2 aliphatic rings. The molecule has 1 aliphatic carbocycles. The summed E-state index contributed by atoms with van der Waals surface area (Å²) < 4.78 is 13.1. The Kier molecular flexibility index (Phi) is 6.55. The molecular weight excluding hydrogens is 373 g/mol. The average molecular weight is 403 g/mol. The van der Waals surface area contributed by atoms with Crippen molar-refractivity contribution in [2.45, 2.75) is 52.1 Å². The first-order valence-corrected chi connectivity index (χ1v) is 10.5. The van der Waals surface area contributed by atoms with E-state index < -0.39 is 11.9 Å². The number of hydrogen-bond acceptors (Lipinski definition) is 3. The predicted molar refractivity (Wildman–Crippen MR) is 108 cm³/mol. The minimum Gasteiger partial charge on any atom is -0.340 e. The van der Waals surface area contributed by atoms with Gasteiger partial charge in [-0.1, -0.05) is 20.3 Å². The standard InChI is InChI=1S/C22H30FN3O3/c1-4-14(2)19(24-20(27)16-7-9-18(23)10-8-16)22(29)25-11-12-26(15(3)13-25)21(28)17-5-6-17/h7-10,14-15,17,19H,4-6,11-13H2,1-3H3,(H,24,27). The van der Waals surface area contributed by atoms with Crippen molar-refractivity contribution in [1.29, 1.82) is 0 Å². The number of benzene rings is 1. The summed E-state index contributed by atoms with van der Waals surface area (Å²) in [6.45, 7) is 7.35. The fraction of sp³-hybridized carbons (Fsp3) is 0.591. The van der Waals surface area contributed by atoms with Gasteiger partial charge in [-0.2, -0.15) is 0 Å². The van der Waals surface area contributed by atoms with Gasteiger partial charge in [0.15, 0.2) is 0 Å². The van der Waals surface area contributed by atoms with Gasteiger partial charge in [0.05, 0.1) is 0 Å². The molecule has 1 aliphatic heterocycles. The predicted octanol–water partition coefficient (Wildman–Crippen LogP) is 2.44. The van der Waals surface area contributed by atoms with Gasteiger partial charge < -0.3 is 15.1 Å². The summed E-state index contributed by atoms with van der Waals surface area (Å²) in [6.07, 6.45) is 2.67. The molecule has 158 valence electrons. The molecule has 3 rings (SSSR count). The van der Waals surface area contributed by atoms with Gasteiger partial charge in [-0.3, -0.25) is 14.4 Å². The number of hydrogen-bond donors (Lipinski definition) is 1. The SMILES string of the molecule is CCC(C)C(NC(=O)c1ccc(F)cc1)C(=O)N1CCN(C(=O)C2CC2)C(C)C1. The smallest absolute Gasteiger partial charge is 0.251 e. The fourth-order valence-corrected chi connectivity index (χ4v) is 3.76. The lowest BCUT2D eigenvalue weighted by Gasteiger charge is -2.41. The first-order valence-electron chi connectivity index (χ1n) is 10.5. The maximum absolute atomic E-state index is 13.2. The molecule has 29 heavy (non-hydrogen) atoms. The average Bonchev–Trinajstić information content (AvgIpc) is 3.56. The Morgan fingerprint density at radius 1 is 1.17 bits per heavy atom. The Morgan fingerprint density at radius 2 is 1.83 bits per heavy atom. The van der Waals surface area contributed by atoms with Crippen LogP contribution in [0.15, 0.2) is 24.3 Å². The molecule has 3 amide bonds. The molecule has 2 fully saturated rings. The van der Waals surface area contributed by atoms with Crippen molar-refractivity contribution in [2.75, 3.05) is 19.6 Å². The highest BCUT2D eigenvalue weighted by molar-refractivity contribution is 5.97. The highest BCUT2D eigenvalue weighted by atomic mass is 19.1. The van der Waals surface area contributed by atoms with E-state index in [1.165, 1.54) is 24.3 Å². The molecule has 7 heteroatoms. The summed E-state index contributed by atoms with van der Waals surface area (Å²) in [6, 6.07) is 4.58. The third-order valence-corrected chi connectivity index (χ3v) is 6.02. The molecule has 1 N–H and O–H groups in total. The normalized spacial score (nSPS) is 21.4. The Labute approximate surface area is 171 Å². The minimum atomic E-state index is -0.657. The van der Waals surface area contributed by atoms with Crippen LogP contribution in [-0.2, 0) is 9.59 Å². The molecule has 1 aromatic rings. The van der Waals surface area contributed by atoms with Crippen LogP contribution in [0.4, 0.5) is 4.39 Å². The van der Waals surface area contributed by atoms with Crippen molar-refractivity contribution in [2.24, 2.45) is 11.8 Å². The monoisotopic (exact) mass is 403 g/mol. The molecule has 3 unspecified atom stereocenters. The number of nitrogens with zero attached hydrogens (tertiary/aromatic N) is 2. The number of carbonyl (C=O) groups is 3. The molecule has 6 nitrogen and oxygen atoms in total. The van der Waals surface area contributed by atoms with Gasteiger partial charge >= 0.3 is 0 Å². The van der Waals surface area contributed by atoms with Crippen molar-refractivity contribution < 1.29 is 18.8 Å². The topological polar surface area (TPSA) is 69.7 Å². The van der Waals surface area contributed by atoms with E-state index in [0.29, 0.717) is 25.2 Å². The maximum atomic E-state index is 13.2. The Balaban J connectivity index is 1.66. The molecule has 1 aromatic carbocycles. The van der Waals surface area contributed by atoms with E-state index in [9.17, 15) is 18.8 Å². The van der Waals surface area contributed by atoms with Crippen LogP contribution >= 0.6 is 0 Å². The van der Waals surface area contributed by atoms with Crippen LogP contribution in [0.2, 0.25) is 0 Å². The molecule has 0 spiro atoms. The van der Waals surface area contributed by atoms with Crippen LogP contribution in [0.25, 0.3) is 0 Å². The van der Waals surface area contributed by atoms with Gasteiger partial charge in [-0.25, -0.2) is 4.39 Å². The summed E-state index contributed by atoms with van der Waals surface area (Å²) in [5.74, 6) is -0.605. The van der Waals surface area contributed by atoms with Crippen LogP contribution in [-0.4, -0.2) is 59.2 Å². The van der Waals surface area contributed by atoms with E-state index in [1.807, 2.05) is 25.7 Å². The van der Waals surface area contributed by atoms with Crippen molar-refractivity contribution in [1.82, 2.24) is 15.1 Å². The molecular formula is C22H30FN3O3. The minimum absolute atomic E-state index is 0.0359. The van der Waals surface area contributed by atoms with Gasteiger partial charge in [-0.15, -0.1) is 0 Å². The Hall–Kier alpha value is -2.44. The Bertz CT molecular complexity index is 763. The van der Waals surface area contributed by atoms with Gasteiger partial charge in [0.1, 0.15) is 11.9 Å². The van der Waals surface area contributed by atoms with E-state index in [1.54, 1.807) is 4.90 Å². The number of halogens is 1. The largest absolute Gasteiger partial charge is 0.340 e. The summed E-state index contributed by atoms with van der Waals surface area (Å²) in [5.41, 5.74) is 0.320. The summed E-state index contributed by atoms with van der Waals surface area (Å²) in [5, 5.41) is 2.84. The molecule has 1 heterocycles. The molecule has 1 saturated carbocycles. The third kappa shape index (κ3) is 4.95. The van der Waals surface area contributed by atoms with Gasteiger partial charge in [0, 0.05) is 37.2 Å². The highest BCUT2D eigenvalue weighted by Crippen LogP contribution is 2.32. The second kappa shape index (κ2) is 8.93. The van der Waals surface area contributed by atoms with Crippen molar-refractivity contribution in [3.05, 3.63) is 35.6 Å². The van der Waals surface area contributed by atoms with E-state index in [-0.39, 0.29) is 35.6 Å². The zero-order chi connectivity index (χ0) is 21.1. The molecule has 0 bridgehead atoms. The van der Waals surface area contributed by atoms with Gasteiger partial charge in [0.25, 0.3) is 5.91 Å². The van der Waals surface area contributed by atoms with Crippen LogP contribution < -0.4 is 5.32 Å². The lowest BCUT2D eigenvalue weighted by molar-refractivity contribution is -0.144. The van der Waals surface area contributed by atoms with Crippen molar-refractivity contribution in [3.63, 3.8) is 0 Å². The van der Waals surface area contributed by atoms with E-state index in [0.717, 1.165) is 19.3 Å². The highest BCUT2D eigenvalue weighted by Gasteiger charge is 2.39. The van der Waals surface area contributed by atoms with Gasteiger partial charge in [-0.05, 0) is 49.9 Å². The van der Waals surface area contributed by atoms with Crippen molar-refractivity contribution in [3.8, 4) is 0 Å². The van der Waals surface area contributed by atoms with E-state index >= 15 is 0 Å². The number of carbonyl (C=O) groups excluding carboxylic acids is 3. The number of piperazine rings is 1. The lowest BCUT2D eigenvalue weighted by atomic mass is 9.96. The molecule has 3 atom stereocenters. The molecule has 0 radical (unpaired) electrons. The number of nitrogens with one attached hydrogen (secondary N) is 1. The zero-order valence-corrected chi connectivity index (χ0v) is 17.4. The van der Waals surface area contributed by atoms with Crippen LogP contribution in [0.5, 0.6) is 0 Å². The summed E-state index contributed by atoms with van der Waals surface area (Å²) >= 11 is 0. The lowest BCUT2D eigenvalue weighted by Crippen LogP contribution is -2.60. The maximum Gasteiger partial charge on any atom is 0.251 e. The number of rotatable bonds is 6. The molecule has 1 saturated heterocycles. The second-order valence-electron chi connectivity index (χ2n) is 8.28. The van der Waals surface area contributed by atoms with Crippen molar-refractivity contribution >= 4 is 17.7 Å². The quantitative estimate of drug-likeness (QED) is 0.793. The van der Waals surface area contributed by atoms with Crippen LogP contribution in [0.1, 0.15) is 50.4 Å². The fourth-order valence-electron chi connectivity index (χ4n) is 3.76. The number of amides is 3. The summed E-state index contributed by atoms with van der Waals surface area (Å²) in [7, 11) is 0. The zero-order valence-electron chi connectivity index (χ0n) is 17.4. The third-order valence-electron chi connectivity index (χ3n) is 6.02. The van der Waals surface area contributed by atoms with Crippen LogP contribution in [0.3, 0.4) is 0 Å². The molecule has 0 aromatic heterocycles. The van der Waals surface area contributed by atoms with Gasteiger partial charge in [0.2, 0.25) is 11.8 Å². The first-order chi connectivity index (χ1) is 13.8. The second-order valence-corrected chi connectivity index (χ2v) is 8.28.